The van der Waals surface area contributed by atoms with E-state index in [-0.39, 0.29) is 6.42 Å². The highest BCUT2D eigenvalue weighted by Gasteiger charge is 2.27. The third-order valence-corrected chi connectivity index (χ3v) is 13.0. The molecule has 0 aromatic rings. The number of carbonyl (C=O) groups is 1. The van der Waals surface area contributed by atoms with E-state index in [9.17, 15) is 28.0 Å². The molecule has 0 radical (unpaired) electrons. The van der Waals surface area contributed by atoms with Crippen molar-refractivity contribution in [1.29, 1.82) is 0 Å². The Morgan fingerprint density at radius 2 is 0.750 bits per heavy atom. The molecule has 356 valence electrons. The van der Waals surface area contributed by atoms with Gasteiger partial charge < -0.3 is 15.5 Å². The Labute approximate surface area is 373 Å². The summed E-state index contributed by atoms with van der Waals surface area (Å²) in [5, 5.41) is 23.5. The van der Waals surface area contributed by atoms with Gasteiger partial charge in [0.1, 0.15) is 6.10 Å². The van der Waals surface area contributed by atoms with Crippen molar-refractivity contribution < 1.29 is 28.0 Å². The molecule has 0 aliphatic rings. The number of carbonyl (C=O) groups excluding carboxylic acids is 1. The molecule has 60 heavy (non-hydrogen) atoms. The van der Waals surface area contributed by atoms with Crippen LogP contribution in [0.25, 0.3) is 0 Å². The van der Waals surface area contributed by atoms with Gasteiger partial charge in [0.25, 0.3) is 10.1 Å². The van der Waals surface area contributed by atoms with Crippen molar-refractivity contribution >= 4 is 16.0 Å². The first-order valence-electron chi connectivity index (χ1n) is 26.1. The zero-order valence-corrected chi connectivity index (χ0v) is 40.5. The maximum atomic E-state index is 12.7. The topological polar surface area (TPSA) is 124 Å². The van der Waals surface area contributed by atoms with Crippen LogP contribution in [-0.2, 0) is 14.9 Å². The molecular formula is C52H101NO6S. The van der Waals surface area contributed by atoms with Crippen LogP contribution in [-0.4, -0.2) is 53.1 Å². The molecule has 0 rings (SSSR count). The molecule has 3 unspecified atom stereocenters. The van der Waals surface area contributed by atoms with Gasteiger partial charge in [0, 0.05) is 0 Å². The lowest BCUT2D eigenvalue weighted by atomic mass is 10.0. The third-order valence-electron chi connectivity index (χ3n) is 12.2. The van der Waals surface area contributed by atoms with Gasteiger partial charge in [-0.2, -0.15) is 8.42 Å². The lowest BCUT2D eigenvalue weighted by Crippen LogP contribution is -2.50. The van der Waals surface area contributed by atoms with E-state index in [0.29, 0.717) is 12.8 Å². The van der Waals surface area contributed by atoms with E-state index in [1.54, 1.807) is 6.08 Å². The number of aliphatic hydroxyl groups excluding tert-OH is 2. The zero-order chi connectivity index (χ0) is 44.0. The van der Waals surface area contributed by atoms with Crippen molar-refractivity contribution in [3.05, 3.63) is 24.3 Å². The Morgan fingerprint density at radius 3 is 1.10 bits per heavy atom. The average molecular weight is 868 g/mol. The van der Waals surface area contributed by atoms with Crippen LogP contribution in [0, 0.1) is 0 Å². The molecule has 4 N–H and O–H groups in total. The van der Waals surface area contributed by atoms with Crippen molar-refractivity contribution in [1.82, 2.24) is 5.32 Å². The molecule has 1 amide bonds. The minimum Gasteiger partial charge on any atom is -0.387 e. The lowest BCUT2D eigenvalue weighted by molar-refractivity contribution is -0.130. The van der Waals surface area contributed by atoms with Crippen molar-refractivity contribution in [2.75, 3.05) is 5.75 Å². The van der Waals surface area contributed by atoms with Crippen LogP contribution in [0.2, 0.25) is 0 Å². The van der Waals surface area contributed by atoms with Crippen LogP contribution < -0.4 is 5.32 Å². The first-order valence-corrected chi connectivity index (χ1v) is 27.8. The van der Waals surface area contributed by atoms with Crippen LogP contribution in [0.3, 0.4) is 0 Å². The Morgan fingerprint density at radius 1 is 0.450 bits per heavy atom. The zero-order valence-electron chi connectivity index (χ0n) is 39.7. The van der Waals surface area contributed by atoms with Crippen molar-refractivity contribution in [2.45, 2.75) is 295 Å². The summed E-state index contributed by atoms with van der Waals surface area (Å²) in [6.07, 6.45) is 56.8. The van der Waals surface area contributed by atoms with Gasteiger partial charge in [-0.3, -0.25) is 9.35 Å². The fourth-order valence-electron chi connectivity index (χ4n) is 8.24. The van der Waals surface area contributed by atoms with Gasteiger partial charge in [-0.05, 0) is 32.1 Å². The lowest BCUT2D eigenvalue weighted by Gasteiger charge is -2.22. The Bertz CT molecular complexity index is 1060. The minimum atomic E-state index is -4.46. The first kappa shape index (κ1) is 58.8. The first-order chi connectivity index (χ1) is 29.2. The molecule has 8 heteroatoms. The van der Waals surface area contributed by atoms with Gasteiger partial charge in [-0.1, -0.05) is 269 Å². The number of aliphatic hydroxyl groups is 2. The molecule has 0 aliphatic heterocycles. The number of amides is 1. The quantitative estimate of drug-likeness (QED) is 0.0274. The van der Waals surface area contributed by atoms with E-state index in [1.807, 2.05) is 0 Å². The summed E-state index contributed by atoms with van der Waals surface area (Å²) in [4.78, 5) is 12.7. The van der Waals surface area contributed by atoms with Gasteiger partial charge in [0.2, 0.25) is 5.91 Å². The minimum absolute atomic E-state index is 0.279. The van der Waals surface area contributed by atoms with Gasteiger partial charge in [0.05, 0.1) is 17.9 Å². The van der Waals surface area contributed by atoms with Crippen molar-refractivity contribution in [2.24, 2.45) is 0 Å². The molecule has 3 atom stereocenters. The second-order valence-electron chi connectivity index (χ2n) is 18.3. The number of nitrogens with one attached hydrogen (secondary N) is 1. The summed E-state index contributed by atoms with van der Waals surface area (Å²) in [5.74, 6) is -1.54. The van der Waals surface area contributed by atoms with E-state index in [0.717, 1.165) is 32.1 Å². The van der Waals surface area contributed by atoms with E-state index in [1.165, 1.54) is 218 Å². The fourth-order valence-corrected chi connectivity index (χ4v) is 8.97. The van der Waals surface area contributed by atoms with Gasteiger partial charge in [-0.25, -0.2) is 0 Å². The van der Waals surface area contributed by atoms with E-state index < -0.39 is 40.0 Å². The van der Waals surface area contributed by atoms with Crippen molar-refractivity contribution in [3.63, 3.8) is 0 Å². The van der Waals surface area contributed by atoms with Gasteiger partial charge in [0.15, 0.2) is 0 Å². The summed E-state index contributed by atoms with van der Waals surface area (Å²) in [6.45, 7) is 4.55. The van der Waals surface area contributed by atoms with E-state index in [2.05, 4.69) is 31.3 Å². The standard InChI is InChI=1S/C52H101NO6S/c1-3-5-7-9-11-13-15-17-19-21-23-25-27-29-31-33-35-37-39-41-43-45-47-51(55)52(56)53-49(48-60(57,58)59)50(54)46-44-42-40-38-36-34-32-30-28-26-24-22-20-18-16-14-12-10-8-6-4-2/h36,38,44,46,49-51,54-55H,3-35,37,39-43,45,47-48H2,1-2H3,(H,53,56)(H,57,58,59)/b38-36+,46-44+. The highest BCUT2D eigenvalue weighted by Crippen LogP contribution is 2.17. The number of rotatable bonds is 48. The summed E-state index contributed by atoms with van der Waals surface area (Å²) in [5.41, 5.74) is 0. The van der Waals surface area contributed by atoms with Gasteiger partial charge in [-0.15, -0.1) is 0 Å². The summed E-state index contributed by atoms with van der Waals surface area (Å²) in [7, 11) is -4.46. The largest absolute Gasteiger partial charge is 0.387 e. The van der Waals surface area contributed by atoms with E-state index in [4.69, 9.17) is 0 Å². The summed E-state index contributed by atoms with van der Waals surface area (Å²) in [6, 6.07) is -1.25. The van der Waals surface area contributed by atoms with Crippen LogP contribution in [0.5, 0.6) is 0 Å². The summed E-state index contributed by atoms with van der Waals surface area (Å²) >= 11 is 0. The second-order valence-corrected chi connectivity index (χ2v) is 19.8. The number of hydrogen-bond donors (Lipinski definition) is 4. The molecule has 7 nitrogen and oxygen atoms in total. The number of allylic oxidation sites excluding steroid dienone is 3. The second kappa shape index (κ2) is 45.8. The van der Waals surface area contributed by atoms with Crippen LogP contribution in [0.15, 0.2) is 24.3 Å². The number of unbranched alkanes of at least 4 members (excludes halogenated alkanes) is 37. The highest BCUT2D eigenvalue weighted by atomic mass is 32.2. The summed E-state index contributed by atoms with van der Waals surface area (Å²) < 4.78 is 32.7. The Hall–Kier alpha value is -1.22. The molecule has 0 bridgehead atoms. The van der Waals surface area contributed by atoms with E-state index >= 15 is 0 Å². The predicted octanol–water partition coefficient (Wildman–Crippen LogP) is 15.2. The molecule has 0 saturated carbocycles. The third kappa shape index (κ3) is 44.8. The predicted molar refractivity (Wildman–Crippen MR) is 259 cm³/mol. The maximum absolute atomic E-state index is 12.7. The highest BCUT2D eigenvalue weighted by molar-refractivity contribution is 7.85. The molecule has 0 fully saturated rings. The average Bonchev–Trinajstić information content (AvgIpc) is 3.22. The monoisotopic (exact) mass is 868 g/mol. The Balaban J connectivity index is 3.89. The molecule has 0 aromatic carbocycles. The van der Waals surface area contributed by atoms with Crippen LogP contribution in [0.1, 0.15) is 277 Å². The molecule has 0 spiro atoms. The fraction of sp³-hybridized carbons (Fsp3) is 0.904. The molecule has 0 saturated heterocycles. The maximum Gasteiger partial charge on any atom is 0.267 e. The molecule has 0 heterocycles. The Kier molecular flexibility index (Phi) is 44.9. The molecule has 0 aromatic heterocycles. The normalized spacial score (nSPS) is 13.8. The number of hydrogen-bond acceptors (Lipinski definition) is 5. The molecular weight excluding hydrogens is 767 g/mol. The van der Waals surface area contributed by atoms with Crippen LogP contribution >= 0.6 is 0 Å². The smallest absolute Gasteiger partial charge is 0.267 e. The van der Waals surface area contributed by atoms with Gasteiger partial charge >= 0.3 is 0 Å². The van der Waals surface area contributed by atoms with Crippen LogP contribution in [0.4, 0.5) is 0 Å². The molecule has 0 aliphatic carbocycles. The SMILES string of the molecule is CCCCCCCCCCCCCCCCC/C=C/CC/C=C/C(O)C(CS(=O)(=O)O)NC(=O)C(O)CCCCCCCCCCCCCCCCCCCCCCCC. The van der Waals surface area contributed by atoms with Crippen molar-refractivity contribution in [3.8, 4) is 0 Å².